The molecule has 0 radical (unpaired) electrons. The molecule has 0 saturated heterocycles. The molecule has 0 atom stereocenters. The Morgan fingerprint density at radius 3 is 2.33 bits per heavy atom. The van der Waals surface area contributed by atoms with Gasteiger partial charge in [-0.2, -0.15) is 0 Å². The SMILES string of the molecule is O=C(c1ccc(Cl)cc1)c1nc(-c2ccccc2)c2ccccn12. The molecule has 0 unspecified atom stereocenters. The standard InChI is InChI=1S/C20H13ClN2O/c21-16-11-9-15(10-12-16)19(24)20-22-18(14-6-2-1-3-7-14)17-8-4-5-13-23(17)20/h1-13H. The Hall–Kier alpha value is -2.91. The molecule has 24 heavy (non-hydrogen) atoms. The number of fused-ring (bicyclic) bond motifs is 1. The molecule has 2 aromatic heterocycles. The lowest BCUT2D eigenvalue weighted by Crippen LogP contribution is -2.06. The normalized spacial score (nSPS) is 10.9. The lowest BCUT2D eigenvalue weighted by atomic mass is 10.1. The zero-order valence-corrected chi connectivity index (χ0v) is 13.4. The number of benzene rings is 2. The van der Waals surface area contributed by atoms with Crippen LogP contribution in [0.5, 0.6) is 0 Å². The summed E-state index contributed by atoms with van der Waals surface area (Å²) in [4.78, 5) is 17.5. The Morgan fingerprint density at radius 2 is 1.58 bits per heavy atom. The maximum absolute atomic E-state index is 12.9. The molecule has 0 bridgehead atoms. The highest BCUT2D eigenvalue weighted by molar-refractivity contribution is 6.30. The van der Waals surface area contributed by atoms with E-state index in [4.69, 9.17) is 11.6 Å². The van der Waals surface area contributed by atoms with Gasteiger partial charge in [-0.05, 0) is 36.4 Å². The van der Waals surface area contributed by atoms with E-state index in [0.29, 0.717) is 16.4 Å². The van der Waals surface area contributed by atoms with Crippen molar-refractivity contribution >= 4 is 22.9 Å². The van der Waals surface area contributed by atoms with Crippen molar-refractivity contribution in [1.82, 2.24) is 9.38 Å². The summed E-state index contributed by atoms with van der Waals surface area (Å²) in [5, 5.41) is 0.601. The predicted molar refractivity (Wildman–Crippen MR) is 95.5 cm³/mol. The first-order valence-electron chi connectivity index (χ1n) is 7.57. The molecular formula is C20H13ClN2O. The number of imidazole rings is 1. The van der Waals surface area contributed by atoms with Crippen molar-refractivity contribution < 1.29 is 4.79 Å². The summed E-state index contributed by atoms with van der Waals surface area (Å²) in [5.74, 6) is 0.266. The summed E-state index contributed by atoms with van der Waals surface area (Å²) in [6.45, 7) is 0. The Bertz CT molecular complexity index is 1020. The van der Waals surface area contributed by atoms with E-state index in [1.165, 1.54) is 0 Å². The van der Waals surface area contributed by atoms with Crippen LogP contribution in [0.1, 0.15) is 16.2 Å². The van der Waals surface area contributed by atoms with Crippen molar-refractivity contribution in [2.45, 2.75) is 0 Å². The number of carbonyl (C=O) groups excluding carboxylic acids is 1. The van der Waals surface area contributed by atoms with Crippen LogP contribution in [0.3, 0.4) is 0 Å². The van der Waals surface area contributed by atoms with Gasteiger partial charge in [0.2, 0.25) is 5.78 Å². The van der Waals surface area contributed by atoms with Gasteiger partial charge >= 0.3 is 0 Å². The summed E-state index contributed by atoms with van der Waals surface area (Å²) < 4.78 is 1.83. The van der Waals surface area contributed by atoms with E-state index in [1.807, 2.05) is 59.1 Å². The van der Waals surface area contributed by atoms with Gasteiger partial charge in [-0.15, -0.1) is 0 Å². The van der Waals surface area contributed by atoms with Crippen LogP contribution in [0, 0.1) is 0 Å². The molecule has 0 aliphatic heterocycles. The van der Waals surface area contributed by atoms with Crippen molar-refractivity contribution in [2.75, 3.05) is 0 Å². The van der Waals surface area contributed by atoms with Crippen molar-refractivity contribution in [3.05, 3.63) is 95.4 Å². The van der Waals surface area contributed by atoms with Crippen molar-refractivity contribution in [3.63, 3.8) is 0 Å². The number of aromatic nitrogens is 2. The van der Waals surface area contributed by atoms with Gasteiger partial charge in [0, 0.05) is 22.3 Å². The molecule has 0 amide bonds. The minimum absolute atomic E-state index is 0.130. The van der Waals surface area contributed by atoms with E-state index in [2.05, 4.69) is 4.98 Å². The second kappa shape index (κ2) is 5.95. The molecule has 116 valence electrons. The maximum Gasteiger partial charge on any atom is 0.228 e. The van der Waals surface area contributed by atoms with Gasteiger partial charge < -0.3 is 0 Å². The van der Waals surface area contributed by atoms with Gasteiger partial charge in [0.05, 0.1) is 11.2 Å². The molecule has 0 N–H and O–H groups in total. The molecule has 4 rings (SSSR count). The third-order valence-electron chi connectivity index (χ3n) is 3.91. The summed E-state index contributed by atoms with van der Waals surface area (Å²) in [6, 6.07) is 22.5. The number of rotatable bonds is 3. The second-order valence-electron chi connectivity index (χ2n) is 5.44. The van der Waals surface area contributed by atoms with Crippen LogP contribution in [0.25, 0.3) is 16.8 Å². The summed E-state index contributed by atoms with van der Waals surface area (Å²) >= 11 is 5.91. The average Bonchev–Trinajstić information content (AvgIpc) is 3.02. The fourth-order valence-electron chi connectivity index (χ4n) is 2.74. The topological polar surface area (TPSA) is 34.4 Å². The molecule has 2 aromatic carbocycles. The Morgan fingerprint density at radius 1 is 0.875 bits per heavy atom. The van der Waals surface area contributed by atoms with E-state index in [9.17, 15) is 4.79 Å². The van der Waals surface area contributed by atoms with E-state index in [-0.39, 0.29) is 5.78 Å². The predicted octanol–water partition coefficient (Wildman–Crippen LogP) is 4.89. The van der Waals surface area contributed by atoms with E-state index in [0.717, 1.165) is 16.8 Å². The number of ketones is 1. The third kappa shape index (κ3) is 2.49. The fraction of sp³-hybridized carbons (Fsp3) is 0. The Labute approximate surface area is 144 Å². The monoisotopic (exact) mass is 332 g/mol. The first-order chi connectivity index (χ1) is 11.7. The van der Waals surface area contributed by atoms with Crippen LogP contribution in [0.4, 0.5) is 0 Å². The maximum atomic E-state index is 12.9. The summed E-state index contributed by atoms with van der Waals surface area (Å²) in [6.07, 6.45) is 1.86. The molecule has 4 heteroatoms. The Kier molecular flexibility index (Phi) is 3.63. The van der Waals surface area contributed by atoms with Crippen LogP contribution in [0.15, 0.2) is 79.0 Å². The highest BCUT2D eigenvalue weighted by Gasteiger charge is 2.19. The Balaban J connectivity index is 1.90. The quantitative estimate of drug-likeness (QED) is 0.501. The number of pyridine rings is 1. The smallest absolute Gasteiger partial charge is 0.228 e. The zero-order chi connectivity index (χ0) is 16.5. The lowest BCUT2D eigenvalue weighted by molar-refractivity contribution is 0.102. The first-order valence-corrected chi connectivity index (χ1v) is 7.94. The fourth-order valence-corrected chi connectivity index (χ4v) is 2.86. The average molecular weight is 333 g/mol. The molecular weight excluding hydrogens is 320 g/mol. The van der Waals surface area contributed by atoms with Gasteiger partial charge in [0.1, 0.15) is 0 Å². The van der Waals surface area contributed by atoms with E-state index < -0.39 is 0 Å². The summed E-state index contributed by atoms with van der Waals surface area (Å²) in [5.41, 5.74) is 3.25. The molecule has 0 saturated carbocycles. The molecule has 2 heterocycles. The van der Waals surface area contributed by atoms with Crippen LogP contribution >= 0.6 is 11.6 Å². The van der Waals surface area contributed by atoms with Gasteiger partial charge in [-0.3, -0.25) is 9.20 Å². The van der Waals surface area contributed by atoms with E-state index >= 15 is 0 Å². The molecule has 0 aliphatic carbocycles. The number of hydrogen-bond acceptors (Lipinski definition) is 2. The number of hydrogen-bond donors (Lipinski definition) is 0. The second-order valence-corrected chi connectivity index (χ2v) is 5.88. The number of carbonyl (C=O) groups is 1. The molecule has 4 aromatic rings. The minimum atomic E-state index is -0.130. The lowest BCUT2D eigenvalue weighted by Gasteiger charge is -2.01. The van der Waals surface area contributed by atoms with Gasteiger partial charge in [0.25, 0.3) is 0 Å². The first kappa shape index (κ1) is 14.7. The highest BCUT2D eigenvalue weighted by Crippen LogP contribution is 2.26. The van der Waals surface area contributed by atoms with Crippen molar-refractivity contribution in [3.8, 4) is 11.3 Å². The van der Waals surface area contributed by atoms with Gasteiger partial charge in [0.15, 0.2) is 5.82 Å². The molecule has 0 fully saturated rings. The number of nitrogens with zero attached hydrogens (tertiary/aromatic N) is 2. The van der Waals surface area contributed by atoms with Crippen LogP contribution < -0.4 is 0 Å². The van der Waals surface area contributed by atoms with Crippen LogP contribution in [-0.4, -0.2) is 15.2 Å². The van der Waals surface area contributed by atoms with Crippen molar-refractivity contribution in [2.24, 2.45) is 0 Å². The van der Waals surface area contributed by atoms with Gasteiger partial charge in [-0.1, -0.05) is 48.0 Å². The highest BCUT2D eigenvalue weighted by atomic mass is 35.5. The third-order valence-corrected chi connectivity index (χ3v) is 4.16. The zero-order valence-electron chi connectivity index (χ0n) is 12.7. The molecule has 3 nitrogen and oxygen atoms in total. The number of halogens is 1. The van der Waals surface area contributed by atoms with Gasteiger partial charge in [-0.25, -0.2) is 4.98 Å². The largest absolute Gasteiger partial charge is 0.296 e. The minimum Gasteiger partial charge on any atom is -0.296 e. The van der Waals surface area contributed by atoms with Crippen molar-refractivity contribution in [1.29, 1.82) is 0 Å². The molecule has 0 spiro atoms. The summed E-state index contributed by atoms with van der Waals surface area (Å²) in [7, 11) is 0. The van der Waals surface area contributed by atoms with Crippen LogP contribution in [0.2, 0.25) is 5.02 Å². The van der Waals surface area contributed by atoms with E-state index in [1.54, 1.807) is 24.3 Å². The van der Waals surface area contributed by atoms with Crippen LogP contribution in [-0.2, 0) is 0 Å². The molecule has 0 aliphatic rings.